The second-order valence-electron chi connectivity index (χ2n) is 8.50. The quantitative estimate of drug-likeness (QED) is 0.319. The van der Waals surface area contributed by atoms with Gasteiger partial charge in [-0.1, -0.05) is 58.4 Å². The van der Waals surface area contributed by atoms with Crippen LogP contribution in [0.3, 0.4) is 0 Å². The van der Waals surface area contributed by atoms with Crippen LogP contribution in [0.5, 0.6) is 5.75 Å². The number of ether oxygens (including phenoxy) is 1. The molecule has 1 aliphatic heterocycles. The molecule has 1 fully saturated rings. The molecule has 4 rings (SSSR count). The Labute approximate surface area is 207 Å². The number of nitrogens with zero attached hydrogens (tertiary/aromatic N) is 2. The van der Waals surface area contributed by atoms with Crippen LogP contribution in [0.1, 0.15) is 38.8 Å². The number of aliphatic imine (C=N–C) groups is 1. The van der Waals surface area contributed by atoms with Crippen molar-refractivity contribution in [3.05, 3.63) is 81.2 Å². The Bertz CT molecular complexity index is 1230. The minimum atomic E-state index is -0.0128. The third-order valence-corrected chi connectivity index (χ3v) is 6.76. The molecule has 1 amide bonds. The summed E-state index contributed by atoms with van der Waals surface area (Å²) in [6.07, 6.45) is 1.96. The van der Waals surface area contributed by atoms with Crippen molar-refractivity contribution in [1.29, 1.82) is 0 Å². The smallest absolute Gasteiger partial charge is 0.266 e. The van der Waals surface area contributed by atoms with Gasteiger partial charge in [0.05, 0.1) is 4.91 Å². The first kappa shape index (κ1) is 23.6. The number of carbonyl (C=O) groups is 1. The number of carbonyl (C=O) groups excluding carboxylic acids is 1. The van der Waals surface area contributed by atoms with E-state index >= 15 is 0 Å². The van der Waals surface area contributed by atoms with E-state index in [1.54, 1.807) is 4.90 Å². The van der Waals surface area contributed by atoms with Crippen LogP contribution in [0.25, 0.3) is 16.8 Å². The molecule has 33 heavy (non-hydrogen) atoms. The summed E-state index contributed by atoms with van der Waals surface area (Å²) < 4.78 is 7.29. The Hall–Kier alpha value is -2.57. The molecule has 6 heteroatoms. The Morgan fingerprint density at radius 3 is 2.45 bits per heavy atom. The molecule has 0 saturated carbocycles. The van der Waals surface area contributed by atoms with Gasteiger partial charge in [0.1, 0.15) is 12.4 Å². The van der Waals surface area contributed by atoms with Gasteiger partial charge in [-0.05, 0) is 80.1 Å². The normalized spacial score (nSPS) is 16.7. The minimum absolute atomic E-state index is 0.0128. The van der Waals surface area contributed by atoms with Gasteiger partial charge >= 0.3 is 0 Å². The first-order valence-electron chi connectivity index (χ1n) is 11.0. The molecule has 0 radical (unpaired) electrons. The van der Waals surface area contributed by atoms with Crippen LogP contribution in [0.2, 0.25) is 0 Å². The summed E-state index contributed by atoms with van der Waals surface area (Å²) in [6, 6.07) is 20.5. The predicted molar refractivity (Wildman–Crippen MR) is 143 cm³/mol. The van der Waals surface area contributed by atoms with Gasteiger partial charge in [-0.3, -0.25) is 14.7 Å². The molecular weight excluding hydrogens is 496 g/mol. The van der Waals surface area contributed by atoms with Crippen molar-refractivity contribution in [3.8, 4) is 5.75 Å². The van der Waals surface area contributed by atoms with E-state index in [9.17, 15) is 4.79 Å². The van der Waals surface area contributed by atoms with Crippen LogP contribution in [-0.2, 0) is 11.4 Å². The average molecular weight is 523 g/mol. The molecule has 3 aromatic carbocycles. The highest BCUT2D eigenvalue weighted by molar-refractivity contribution is 9.10. The van der Waals surface area contributed by atoms with Gasteiger partial charge in [0.15, 0.2) is 5.17 Å². The topological polar surface area (TPSA) is 41.9 Å². The number of hydrogen-bond acceptors (Lipinski definition) is 4. The zero-order valence-corrected chi connectivity index (χ0v) is 21.6. The molecule has 1 heterocycles. The van der Waals surface area contributed by atoms with Crippen molar-refractivity contribution < 1.29 is 9.53 Å². The highest BCUT2D eigenvalue weighted by atomic mass is 79.9. The van der Waals surface area contributed by atoms with Gasteiger partial charge < -0.3 is 4.74 Å². The SMILES string of the molecule is CC(C)N=C1S/C(=C/c2c(OCc3ccc(Br)cc3)ccc3ccccc23)C(=O)N1C(C)C. The largest absolute Gasteiger partial charge is 0.488 e. The fourth-order valence-electron chi connectivity index (χ4n) is 3.68. The molecule has 0 spiro atoms. The maximum atomic E-state index is 13.3. The van der Waals surface area contributed by atoms with E-state index in [1.165, 1.54) is 11.8 Å². The van der Waals surface area contributed by atoms with Crippen molar-refractivity contribution in [2.45, 2.75) is 46.4 Å². The van der Waals surface area contributed by atoms with E-state index < -0.39 is 0 Å². The number of benzene rings is 3. The highest BCUT2D eigenvalue weighted by Crippen LogP contribution is 2.38. The van der Waals surface area contributed by atoms with E-state index in [-0.39, 0.29) is 18.0 Å². The lowest BCUT2D eigenvalue weighted by molar-refractivity contribution is -0.123. The Morgan fingerprint density at radius 1 is 1.03 bits per heavy atom. The average Bonchev–Trinajstić information content (AvgIpc) is 3.08. The Balaban J connectivity index is 1.75. The molecule has 1 aliphatic rings. The van der Waals surface area contributed by atoms with E-state index in [0.29, 0.717) is 11.5 Å². The summed E-state index contributed by atoms with van der Waals surface area (Å²) in [5.74, 6) is 0.740. The monoisotopic (exact) mass is 522 g/mol. The van der Waals surface area contributed by atoms with Crippen molar-refractivity contribution in [2.75, 3.05) is 0 Å². The van der Waals surface area contributed by atoms with E-state index in [4.69, 9.17) is 9.73 Å². The summed E-state index contributed by atoms with van der Waals surface area (Å²) in [5.41, 5.74) is 1.99. The second kappa shape index (κ2) is 10.1. The molecule has 4 nitrogen and oxygen atoms in total. The highest BCUT2D eigenvalue weighted by Gasteiger charge is 2.35. The van der Waals surface area contributed by atoms with Crippen LogP contribution in [0, 0.1) is 0 Å². The summed E-state index contributed by atoms with van der Waals surface area (Å²) in [5, 5.41) is 2.92. The van der Waals surface area contributed by atoms with Crippen LogP contribution < -0.4 is 4.74 Å². The van der Waals surface area contributed by atoms with E-state index in [2.05, 4.69) is 34.1 Å². The van der Waals surface area contributed by atoms with Gasteiger partial charge in [0.25, 0.3) is 5.91 Å². The predicted octanol–water partition coefficient (Wildman–Crippen LogP) is 7.27. The van der Waals surface area contributed by atoms with Crippen LogP contribution >= 0.6 is 27.7 Å². The lowest BCUT2D eigenvalue weighted by atomic mass is 10.0. The lowest BCUT2D eigenvalue weighted by Gasteiger charge is -2.20. The molecule has 0 bridgehead atoms. The van der Waals surface area contributed by atoms with Crippen molar-refractivity contribution in [3.63, 3.8) is 0 Å². The Morgan fingerprint density at radius 2 is 1.76 bits per heavy atom. The minimum Gasteiger partial charge on any atom is -0.488 e. The number of amides is 1. The first-order chi connectivity index (χ1) is 15.8. The molecule has 0 unspecified atom stereocenters. The van der Waals surface area contributed by atoms with Crippen molar-refractivity contribution in [2.24, 2.45) is 4.99 Å². The van der Waals surface area contributed by atoms with Gasteiger partial charge in [0.2, 0.25) is 0 Å². The summed E-state index contributed by atoms with van der Waals surface area (Å²) in [6.45, 7) is 8.53. The molecule has 1 saturated heterocycles. The molecule has 170 valence electrons. The molecule has 3 aromatic rings. The molecule has 0 atom stereocenters. The van der Waals surface area contributed by atoms with Gasteiger partial charge in [-0.2, -0.15) is 0 Å². The first-order valence-corrected chi connectivity index (χ1v) is 12.6. The standard InChI is InChI=1S/C27H27BrN2O2S/c1-17(2)29-27-30(18(3)4)26(31)25(33-27)15-23-22-8-6-5-7-20(22)11-14-24(23)32-16-19-9-12-21(28)13-10-19/h5-15,17-18H,16H2,1-4H3/b25-15+,29-27?. The fraction of sp³-hybridized carbons (Fsp3) is 0.259. The lowest BCUT2D eigenvalue weighted by Crippen LogP contribution is -2.35. The summed E-state index contributed by atoms with van der Waals surface area (Å²) >= 11 is 4.91. The number of hydrogen-bond donors (Lipinski definition) is 0. The number of amidine groups is 1. The zero-order chi connectivity index (χ0) is 23.5. The summed E-state index contributed by atoms with van der Waals surface area (Å²) in [7, 11) is 0. The van der Waals surface area contributed by atoms with Gasteiger partial charge in [-0.15, -0.1) is 0 Å². The summed E-state index contributed by atoms with van der Waals surface area (Å²) in [4.78, 5) is 20.5. The number of halogens is 1. The number of thioether (sulfide) groups is 1. The maximum absolute atomic E-state index is 13.3. The van der Waals surface area contributed by atoms with E-state index in [0.717, 1.165) is 37.3 Å². The third-order valence-electron chi connectivity index (χ3n) is 5.24. The molecule has 0 aliphatic carbocycles. The molecule has 0 aromatic heterocycles. The molecule has 0 N–H and O–H groups in total. The fourth-order valence-corrected chi connectivity index (χ4v) is 5.16. The van der Waals surface area contributed by atoms with Crippen LogP contribution in [0.4, 0.5) is 0 Å². The van der Waals surface area contributed by atoms with Crippen LogP contribution in [-0.4, -0.2) is 28.1 Å². The number of rotatable bonds is 6. The van der Waals surface area contributed by atoms with E-state index in [1.807, 2.05) is 76.2 Å². The second-order valence-corrected chi connectivity index (χ2v) is 10.4. The van der Waals surface area contributed by atoms with Gasteiger partial charge in [-0.25, -0.2) is 0 Å². The van der Waals surface area contributed by atoms with Crippen molar-refractivity contribution in [1.82, 2.24) is 4.90 Å². The maximum Gasteiger partial charge on any atom is 0.266 e. The third kappa shape index (κ3) is 5.33. The van der Waals surface area contributed by atoms with Crippen molar-refractivity contribution >= 4 is 55.6 Å². The number of fused-ring (bicyclic) bond motifs is 1. The van der Waals surface area contributed by atoms with Gasteiger partial charge in [0, 0.05) is 22.1 Å². The van der Waals surface area contributed by atoms with Crippen LogP contribution in [0.15, 0.2) is 75.0 Å². The zero-order valence-electron chi connectivity index (χ0n) is 19.2. The Kier molecular flexibility index (Phi) is 7.25. The molecular formula is C27H27BrN2O2S.